The third-order valence-corrected chi connectivity index (χ3v) is 4.97. The zero-order chi connectivity index (χ0) is 19.1. The molecule has 5 nitrogen and oxygen atoms in total. The normalized spacial score (nSPS) is 10.6. The van der Waals surface area contributed by atoms with Crippen molar-refractivity contribution >= 4 is 23.5 Å². The van der Waals surface area contributed by atoms with Crippen LogP contribution in [0.25, 0.3) is 5.69 Å². The molecule has 27 heavy (non-hydrogen) atoms. The van der Waals surface area contributed by atoms with Crippen LogP contribution in [0.4, 0.5) is 14.9 Å². The third kappa shape index (κ3) is 5.59. The van der Waals surface area contributed by atoms with Gasteiger partial charge in [0.05, 0.1) is 5.69 Å². The fourth-order valence-electron chi connectivity index (χ4n) is 2.53. The van der Waals surface area contributed by atoms with Crippen molar-refractivity contribution < 1.29 is 9.18 Å². The van der Waals surface area contributed by atoms with Crippen molar-refractivity contribution in [1.29, 1.82) is 0 Å². The maximum atomic E-state index is 12.9. The average Bonchev–Trinajstić information content (AvgIpc) is 3.09. The molecule has 0 saturated carbocycles. The van der Waals surface area contributed by atoms with E-state index in [9.17, 15) is 9.18 Å². The van der Waals surface area contributed by atoms with E-state index in [1.807, 2.05) is 41.9 Å². The summed E-state index contributed by atoms with van der Waals surface area (Å²) in [5.41, 5.74) is 2.63. The van der Waals surface area contributed by atoms with Crippen molar-refractivity contribution in [3.05, 3.63) is 72.3 Å². The molecule has 7 heteroatoms. The van der Waals surface area contributed by atoms with Gasteiger partial charge in [-0.3, -0.25) is 0 Å². The molecule has 1 aromatic heterocycles. The molecular weight excluding hydrogens is 363 g/mol. The molecular formula is C20H21FN4OS. The lowest BCUT2D eigenvalue weighted by atomic mass is 10.2. The van der Waals surface area contributed by atoms with Crippen LogP contribution in [0.5, 0.6) is 0 Å². The molecule has 1 heterocycles. The summed E-state index contributed by atoms with van der Waals surface area (Å²) in [6.45, 7) is 2.54. The van der Waals surface area contributed by atoms with E-state index < -0.39 is 0 Å². The lowest BCUT2D eigenvalue weighted by molar-refractivity contribution is 0.252. The molecule has 0 aliphatic carbocycles. The van der Waals surface area contributed by atoms with Crippen LogP contribution in [0.2, 0.25) is 0 Å². The zero-order valence-electron chi connectivity index (χ0n) is 15.0. The first-order valence-corrected chi connectivity index (χ1v) is 9.65. The second kappa shape index (κ2) is 9.23. The summed E-state index contributed by atoms with van der Waals surface area (Å²) in [4.78, 5) is 13.1. The SMILES string of the molecule is Cc1ccnn1-c1cccc(NC(=O)NCCCSc2ccc(F)cc2)c1. The van der Waals surface area contributed by atoms with E-state index in [1.54, 1.807) is 30.1 Å². The molecule has 2 amide bonds. The number of benzene rings is 2. The molecule has 0 unspecified atom stereocenters. The maximum Gasteiger partial charge on any atom is 0.319 e. The molecule has 0 spiro atoms. The molecule has 0 atom stereocenters. The minimum Gasteiger partial charge on any atom is -0.338 e. The Balaban J connectivity index is 1.42. The molecule has 2 aromatic carbocycles. The van der Waals surface area contributed by atoms with Gasteiger partial charge in [-0.25, -0.2) is 13.9 Å². The highest BCUT2D eigenvalue weighted by Gasteiger charge is 2.05. The number of thioether (sulfide) groups is 1. The predicted molar refractivity (Wildman–Crippen MR) is 107 cm³/mol. The minimum atomic E-state index is -0.240. The summed E-state index contributed by atoms with van der Waals surface area (Å²) < 4.78 is 14.7. The highest BCUT2D eigenvalue weighted by molar-refractivity contribution is 7.99. The first kappa shape index (κ1) is 19.0. The largest absolute Gasteiger partial charge is 0.338 e. The number of hydrogen-bond acceptors (Lipinski definition) is 3. The van der Waals surface area contributed by atoms with E-state index in [1.165, 1.54) is 12.1 Å². The molecule has 0 bridgehead atoms. The maximum absolute atomic E-state index is 12.9. The molecule has 2 N–H and O–H groups in total. The van der Waals surface area contributed by atoms with E-state index in [2.05, 4.69) is 15.7 Å². The number of carbonyl (C=O) groups is 1. The number of hydrogen-bond donors (Lipinski definition) is 2. The third-order valence-electron chi connectivity index (χ3n) is 3.87. The molecule has 0 fully saturated rings. The number of halogens is 1. The average molecular weight is 384 g/mol. The van der Waals surface area contributed by atoms with Crippen LogP contribution in [0.3, 0.4) is 0 Å². The number of carbonyl (C=O) groups excluding carboxylic acids is 1. The van der Waals surface area contributed by atoms with Crippen LogP contribution in [0, 0.1) is 12.7 Å². The first-order chi connectivity index (χ1) is 13.1. The van der Waals surface area contributed by atoms with E-state index in [4.69, 9.17) is 0 Å². The van der Waals surface area contributed by atoms with Crippen molar-refractivity contribution in [2.45, 2.75) is 18.2 Å². The number of amides is 2. The van der Waals surface area contributed by atoms with Gasteiger partial charge in [-0.2, -0.15) is 5.10 Å². The van der Waals surface area contributed by atoms with Crippen LogP contribution in [-0.4, -0.2) is 28.1 Å². The Hall–Kier alpha value is -2.80. The number of urea groups is 1. The number of anilines is 1. The van der Waals surface area contributed by atoms with Gasteiger partial charge >= 0.3 is 6.03 Å². The summed E-state index contributed by atoms with van der Waals surface area (Å²) >= 11 is 1.64. The van der Waals surface area contributed by atoms with Gasteiger partial charge in [0, 0.05) is 29.0 Å². The molecule has 3 aromatic rings. The Kier molecular flexibility index (Phi) is 6.49. The van der Waals surface area contributed by atoms with Gasteiger partial charge in [-0.15, -0.1) is 11.8 Å². The van der Waals surface area contributed by atoms with Crippen molar-refractivity contribution in [2.75, 3.05) is 17.6 Å². The van der Waals surface area contributed by atoms with Crippen LogP contribution in [0.1, 0.15) is 12.1 Å². The monoisotopic (exact) mass is 384 g/mol. The number of rotatable bonds is 7. The standard InChI is InChI=1S/C20H21FN4OS/c1-15-10-12-23-25(15)18-5-2-4-17(14-18)24-20(26)22-11-3-13-27-19-8-6-16(21)7-9-19/h2,4-10,12,14H,3,11,13H2,1H3,(H2,22,24,26). The lowest BCUT2D eigenvalue weighted by Crippen LogP contribution is -2.29. The number of nitrogens with zero attached hydrogens (tertiary/aromatic N) is 2. The Bertz CT molecular complexity index is 895. The van der Waals surface area contributed by atoms with Gasteiger partial charge in [0.1, 0.15) is 5.82 Å². The quantitative estimate of drug-likeness (QED) is 0.461. The van der Waals surface area contributed by atoms with Crippen molar-refractivity contribution in [1.82, 2.24) is 15.1 Å². The van der Waals surface area contributed by atoms with E-state index in [0.717, 1.165) is 28.5 Å². The van der Waals surface area contributed by atoms with Crippen LogP contribution in [-0.2, 0) is 0 Å². The van der Waals surface area contributed by atoms with Gasteiger partial charge < -0.3 is 10.6 Å². The van der Waals surface area contributed by atoms with Crippen molar-refractivity contribution in [3.63, 3.8) is 0 Å². The molecule has 0 radical (unpaired) electrons. The number of nitrogens with one attached hydrogen (secondary N) is 2. The molecule has 0 aliphatic heterocycles. The van der Waals surface area contributed by atoms with E-state index in [0.29, 0.717) is 12.2 Å². The second-order valence-corrected chi connectivity index (χ2v) is 7.14. The van der Waals surface area contributed by atoms with Gasteiger partial charge in [0.15, 0.2) is 0 Å². The van der Waals surface area contributed by atoms with Crippen LogP contribution >= 0.6 is 11.8 Å². The van der Waals surface area contributed by atoms with Crippen LogP contribution in [0.15, 0.2) is 65.7 Å². The topological polar surface area (TPSA) is 59.0 Å². The van der Waals surface area contributed by atoms with Gasteiger partial charge in [-0.05, 0) is 67.6 Å². The highest BCUT2D eigenvalue weighted by Crippen LogP contribution is 2.18. The number of aryl methyl sites for hydroxylation is 1. The predicted octanol–water partition coefficient (Wildman–Crippen LogP) is 4.62. The minimum absolute atomic E-state index is 0.232. The van der Waals surface area contributed by atoms with E-state index in [-0.39, 0.29) is 11.8 Å². The molecule has 0 saturated heterocycles. The van der Waals surface area contributed by atoms with Gasteiger partial charge in [-0.1, -0.05) is 6.07 Å². The zero-order valence-corrected chi connectivity index (χ0v) is 15.8. The lowest BCUT2D eigenvalue weighted by Gasteiger charge is -2.10. The molecule has 140 valence electrons. The number of aromatic nitrogens is 2. The summed E-state index contributed by atoms with van der Waals surface area (Å²) in [6, 6.07) is 15.6. The Morgan fingerprint density at radius 1 is 1.19 bits per heavy atom. The van der Waals surface area contributed by atoms with Crippen LogP contribution < -0.4 is 10.6 Å². The van der Waals surface area contributed by atoms with Gasteiger partial charge in [0.25, 0.3) is 0 Å². The molecule has 3 rings (SSSR count). The highest BCUT2D eigenvalue weighted by atomic mass is 32.2. The summed E-state index contributed by atoms with van der Waals surface area (Å²) in [5.74, 6) is 0.615. The van der Waals surface area contributed by atoms with Gasteiger partial charge in [0.2, 0.25) is 0 Å². The molecule has 0 aliphatic rings. The Morgan fingerprint density at radius 3 is 2.74 bits per heavy atom. The Morgan fingerprint density at radius 2 is 2.00 bits per heavy atom. The van der Waals surface area contributed by atoms with E-state index >= 15 is 0 Å². The summed E-state index contributed by atoms with van der Waals surface area (Å²) in [7, 11) is 0. The first-order valence-electron chi connectivity index (χ1n) is 8.66. The summed E-state index contributed by atoms with van der Waals surface area (Å²) in [5, 5.41) is 9.96. The fraction of sp³-hybridized carbons (Fsp3) is 0.200. The summed E-state index contributed by atoms with van der Waals surface area (Å²) in [6.07, 6.45) is 2.56. The van der Waals surface area contributed by atoms with Crippen molar-refractivity contribution in [2.24, 2.45) is 0 Å². The Labute approximate surface area is 162 Å². The second-order valence-electron chi connectivity index (χ2n) is 5.97. The van der Waals surface area contributed by atoms with Crippen molar-refractivity contribution in [3.8, 4) is 5.69 Å². The fourth-order valence-corrected chi connectivity index (χ4v) is 3.38. The smallest absolute Gasteiger partial charge is 0.319 e.